The molecule has 7 nitrogen and oxygen atoms in total. The van der Waals surface area contributed by atoms with Gasteiger partial charge in [-0.3, -0.25) is 14.6 Å². The van der Waals surface area contributed by atoms with Crippen molar-refractivity contribution in [2.24, 2.45) is 5.92 Å². The van der Waals surface area contributed by atoms with Crippen molar-refractivity contribution >= 4 is 28.4 Å². The Kier molecular flexibility index (Phi) is 5.90. The summed E-state index contributed by atoms with van der Waals surface area (Å²) in [5.74, 6) is 0.0820. The molecule has 1 aromatic heterocycles. The third-order valence-corrected chi connectivity index (χ3v) is 6.29. The Hall–Kier alpha value is -2.67. The maximum Gasteiger partial charge on any atom is 0.228 e. The minimum Gasteiger partial charge on any atom is -0.397 e. The van der Waals surface area contributed by atoms with Crippen molar-refractivity contribution in [3.8, 4) is 0 Å². The lowest BCUT2D eigenvalue weighted by atomic mass is 9.91. The number of nitrogen functional groups attached to an aromatic ring is 1. The zero-order valence-corrected chi connectivity index (χ0v) is 17.9. The average molecular weight is 410 g/mol. The van der Waals surface area contributed by atoms with Gasteiger partial charge in [0, 0.05) is 50.4 Å². The minimum atomic E-state index is -0.236. The number of piperidine rings is 1. The van der Waals surface area contributed by atoms with E-state index in [1.54, 1.807) is 0 Å². The van der Waals surface area contributed by atoms with Crippen molar-refractivity contribution in [1.29, 1.82) is 0 Å². The predicted octanol–water partition coefficient (Wildman–Crippen LogP) is 1.93. The number of nitrogens with two attached hydrogens (primary N) is 1. The third-order valence-electron chi connectivity index (χ3n) is 6.29. The van der Waals surface area contributed by atoms with Gasteiger partial charge in [-0.1, -0.05) is 18.2 Å². The van der Waals surface area contributed by atoms with E-state index in [2.05, 4.69) is 4.90 Å². The lowest BCUT2D eigenvalue weighted by Crippen LogP contribution is -2.43. The van der Waals surface area contributed by atoms with Gasteiger partial charge in [0.2, 0.25) is 11.8 Å². The zero-order chi connectivity index (χ0) is 21.3. The van der Waals surface area contributed by atoms with Gasteiger partial charge >= 0.3 is 0 Å². The second-order valence-corrected chi connectivity index (χ2v) is 8.82. The Morgan fingerprint density at radius 3 is 2.87 bits per heavy atom. The van der Waals surface area contributed by atoms with Crippen LogP contribution in [0.15, 0.2) is 30.3 Å². The standard InChI is InChI=1S/C23H31N5O2/c1-26(2)10-11-27-15-18(13-21(27)29)23(30)28-9-5-7-17(14-28)22-19(24)12-16-6-3-4-8-20(16)25-22/h3-4,6,8,12,17-18H,5,7,9-11,13-15,24H2,1-2H3. The monoisotopic (exact) mass is 409 g/mol. The molecule has 3 heterocycles. The number of pyridine rings is 1. The van der Waals surface area contributed by atoms with Crippen molar-refractivity contribution in [2.45, 2.75) is 25.2 Å². The van der Waals surface area contributed by atoms with Gasteiger partial charge < -0.3 is 20.4 Å². The molecule has 30 heavy (non-hydrogen) atoms. The van der Waals surface area contributed by atoms with Crippen LogP contribution in [0, 0.1) is 5.92 Å². The minimum absolute atomic E-state index is 0.0872. The number of hydrogen-bond donors (Lipinski definition) is 1. The van der Waals surface area contributed by atoms with Crippen LogP contribution in [0.25, 0.3) is 10.9 Å². The molecule has 2 amide bonds. The van der Waals surface area contributed by atoms with Crippen LogP contribution in [0.4, 0.5) is 5.69 Å². The first-order valence-electron chi connectivity index (χ1n) is 10.8. The summed E-state index contributed by atoms with van der Waals surface area (Å²) in [6.07, 6.45) is 2.22. The smallest absolute Gasteiger partial charge is 0.228 e. The first-order valence-corrected chi connectivity index (χ1v) is 10.8. The summed E-state index contributed by atoms with van der Waals surface area (Å²) in [6.45, 7) is 3.38. The fourth-order valence-electron chi connectivity index (χ4n) is 4.61. The van der Waals surface area contributed by atoms with Gasteiger partial charge in [-0.05, 0) is 39.1 Å². The molecule has 2 saturated heterocycles. The molecule has 0 spiro atoms. The van der Waals surface area contributed by atoms with Crippen LogP contribution in [-0.4, -0.2) is 78.3 Å². The van der Waals surface area contributed by atoms with Crippen LogP contribution in [0.2, 0.25) is 0 Å². The van der Waals surface area contributed by atoms with Crippen molar-refractivity contribution in [1.82, 2.24) is 19.7 Å². The van der Waals surface area contributed by atoms with Crippen molar-refractivity contribution in [2.75, 3.05) is 52.6 Å². The first-order chi connectivity index (χ1) is 14.4. The van der Waals surface area contributed by atoms with E-state index in [0.717, 1.165) is 42.5 Å². The van der Waals surface area contributed by atoms with Crippen LogP contribution in [-0.2, 0) is 9.59 Å². The van der Waals surface area contributed by atoms with E-state index in [1.807, 2.05) is 54.2 Å². The number of likely N-dealkylation sites (N-methyl/N-ethyl adjacent to an activating group) is 1. The average Bonchev–Trinajstić information content (AvgIpc) is 3.11. The number of amides is 2. The first kappa shape index (κ1) is 20.6. The van der Waals surface area contributed by atoms with E-state index in [0.29, 0.717) is 31.7 Å². The van der Waals surface area contributed by atoms with Gasteiger partial charge in [0.05, 0.1) is 22.8 Å². The van der Waals surface area contributed by atoms with E-state index in [1.165, 1.54) is 0 Å². The van der Waals surface area contributed by atoms with E-state index in [9.17, 15) is 9.59 Å². The fourth-order valence-corrected chi connectivity index (χ4v) is 4.61. The molecule has 2 fully saturated rings. The molecule has 2 atom stereocenters. The molecule has 4 rings (SSSR count). The number of fused-ring (bicyclic) bond motifs is 1. The Morgan fingerprint density at radius 1 is 1.27 bits per heavy atom. The van der Waals surface area contributed by atoms with Crippen LogP contribution < -0.4 is 5.73 Å². The predicted molar refractivity (Wildman–Crippen MR) is 118 cm³/mol. The van der Waals surface area contributed by atoms with Gasteiger partial charge in [-0.25, -0.2) is 0 Å². The highest BCUT2D eigenvalue weighted by molar-refractivity contribution is 5.89. The summed E-state index contributed by atoms with van der Waals surface area (Å²) in [4.78, 5) is 36.2. The maximum atomic E-state index is 13.2. The number of benzene rings is 1. The van der Waals surface area contributed by atoms with Gasteiger partial charge in [0.15, 0.2) is 0 Å². The molecule has 2 aliphatic heterocycles. The number of rotatable bonds is 5. The lowest BCUT2D eigenvalue weighted by molar-refractivity contribution is -0.137. The number of likely N-dealkylation sites (tertiary alicyclic amines) is 2. The molecule has 1 aromatic carbocycles. The van der Waals surface area contributed by atoms with Gasteiger partial charge in [-0.2, -0.15) is 0 Å². The fraction of sp³-hybridized carbons (Fsp3) is 0.522. The second-order valence-electron chi connectivity index (χ2n) is 8.82. The molecular weight excluding hydrogens is 378 g/mol. The molecule has 0 bridgehead atoms. The Labute approximate surface area is 177 Å². The SMILES string of the molecule is CN(C)CCN1CC(C(=O)N2CCCC(c3nc4ccccc4cc3N)C2)CC1=O. The summed E-state index contributed by atoms with van der Waals surface area (Å²) < 4.78 is 0. The normalized spacial score (nSPS) is 22.3. The van der Waals surface area contributed by atoms with Crippen LogP contribution in [0.1, 0.15) is 30.9 Å². The Morgan fingerprint density at radius 2 is 2.07 bits per heavy atom. The summed E-state index contributed by atoms with van der Waals surface area (Å²) >= 11 is 0. The van der Waals surface area contributed by atoms with E-state index in [4.69, 9.17) is 10.7 Å². The van der Waals surface area contributed by atoms with Crippen LogP contribution in [0.5, 0.6) is 0 Å². The van der Waals surface area contributed by atoms with Gasteiger partial charge in [-0.15, -0.1) is 0 Å². The highest BCUT2D eigenvalue weighted by Crippen LogP contribution is 2.32. The van der Waals surface area contributed by atoms with E-state index in [-0.39, 0.29) is 23.7 Å². The number of carbonyl (C=O) groups is 2. The number of hydrogen-bond acceptors (Lipinski definition) is 5. The molecule has 2 N–H and O–H groups in total. The maximum absolute atomic E-state index is 13.2. The Bertz CT molecular complexity index is 944. The Balaban J connectivity index is 1.45. The van der Waals surface area contributed by atoms with Gasteiger partial charge in [0.1, 0.15) is 0 Å². The summed E-state index contributed by atoms with van der Waals surface area (Å²) in [5, 5.41) is 1.03. The largest absolute Gasteiger partial charge is 0.397 e. The van der Waals surface area contributed by atoms with Crippen LogP contribution in [0.3, 0.4) is 0 Å². The second kappa shape index (κ2) is 8.60. The number of para-hydroxylation sites is 1. The summed E-state index contributed by atoms with van der Waals surface area (Å²) in [5.41, 5.74) is 8.85. The summed E-state index contributed by atoms with van der Waals surface area (Å²) in [7, 11) is 3.98. The van der Waals surface area contributed by atoms with Gasteiger partial charge in [0.25, 0.3) is 0 Å². The van der Waals surface area contributed by atoms with E-state index >= 15 is 0 Å². The molecule has 0 aliphatic carbocycles. The lowest BCUT2D eigenvalue weighted by Gasteiger charge is -2.34. The van der Waals surface area contributed by atoms with Crippen molar-refractivity contribution < 1.29 is 9.59 Å². The number of anilines is 1. The van der Waals surface area contributed by atoms with Crippen molar-refractivity contribution in [3.05, 3.63) is 36.0 Å². The molecule has 0 radical (unpaired) electrons. The molecular formula is C23H31N5O2. The molecule has 2 unspecified atom stereocenters. The molecule has 160 valence electrons. The highest BCUT2D eigenvalue weighted by atomic mass is 16.2. The van der Waals surface area contributed by atoms with E-state index < -0.39 is 0 Å². The topological polar surface area (TPSA) is 82.8 Å². The molecule has 2 aromatic rings. The molecule has 7 heteroatoms. The molecule has 0 saturated carbocycles. The molecule has 2 aliphatic rings. The third kappa shape index (κ3) is 4.26. The number of nitrogens with zero attached hydrogens (tertiary/aromatic N) is 4. The van der Waals surface area contributed by atoms with Crippen LogP contribution >= 0.6 is 0 Å². The number of aromatic nitrogens is 1. The quantitative estimate of drug-likeness (QED) is 0.816. The highest BCUT2D eigenvalue weighted by Gasteiger charge is 2.38. The summed E-state index contributed by atoms with van der Waals surface area (Å²) in [6, 6.07) is 9.95. The van der Waals surface area contributed by atoms with Crippen molar-refractivity contribution in [3.63, 3.8) is 0 Å². The zero-order valence-electron chi connectivity index (χ0n) is 17.9. The number of carbonyl (C=O) groups excluding carboxylic acids is 2.